The molecule has 5 heteroatoms. The summed E-state index contributed by atoms with van der Waals surface area (Å²) in [4.78, 5) is 4.51. The molecule has 2 aliphatic rings. The highest BCUT2D eigenvalue weighted by Crippen LogP contribution is 2.23. The molecule has 2 rings (SSSR count). The largest absolute Gasteiger partial charge is 0.354 e. The van der Waals surface area contributed by atoms with Crippen molar-refractivity contribution >= 4 is 16.8 Å². The van der Waals surface area contributed by atoms with Crippen molar-refractivity contribution in [2.24, 2.45) is 4.99 Å². The van der Waals surface area contributed by atoms with Crippen LogP contribution >= 0.6 is 0 Å². The Bertz CT molecular complexity index is 342. The van der Waals surface area contributed by atoms with Gasteiger partial charge < -0.3 is 10.6 Å². The van der Waals surface area contributed by atoms with E-state index in [1.54, 1.807) is 0 Å². The van der Waals surface area contributed by atoms with Gasteiger partial charge >= 0.3 is 0 Å². The van der Waals surface area contributed by atoms with Gasteiger partial charge in [-0.1, -0.05) is 13.3 Å². The van der Waals surface area contributed by atoms with Gasteiger partial charge in [0, 0.05) is 40.4 Å². The summed E-state index contributed by atoms with van der Waals surface area (Å²) >= 11 is 0. The molecule has 0 amide bonds. The molecule has 3 atom stereocenters. The summed E-state index contributed by atoms with van der Waals surface area (Å²) in [6.07, 6.45) is 7.02. The summed E-state index contributed by atoms with van der Waals surface area (Å²) in [6.45, 7) is 4.89. The second-order valence-electron chi connectivity index (χ2n) is 5.54. The zero-order valence-corrected chi connectivity index (χ0v) is 13.0. The van der Waals surface area contributed by atoms with Gasteiger partial charge in [-0.3, -0.25) is 9.20 Å². The minimum atomic E-state index is -0.651. The molecule has 0 aromatic carbocycles. The summed E-state index contributed by atoms with van der Waals surface area (Å²) in [6, 6.07) is 1.06. The van der Waals surface area contributed by atoms with Crippen LogP contribution in [0.4, 0.5) is 0 Å². The van der Waals surface area contributed by atoms with Crippen molar-refractivity contribution in [3.05, 3.63) is 0 Å². The first kappa shape index (κ1) is 14.8. The highest BCUT2D eigenvalue weighted by molar-refractivity contribution is 7.85. The van der Waals surface area contributed by atoms with Gasteiger partial charge in [0.05, 0.1) is 0 Å². The molecule has 0 bridgehead atoms. The second kappa shape index (κ2) is 7.27. The van der Waals surface area contributed by atoms with E-state index >= 15 is 0 Å². The molecule has 0 aliphatic heterocycles. The van der Waals surface area contributed by atoms with E-state index in [1.165, 1.54) is 25.7 Å². The number of hydrogen-bond acceptors (Lipinski definition) is 2. The van der Waals surface area contributed by atoms with E-state index in [-0.39, 0.29) is 0 Å². The number of rotatable bonds is 5. The maximum Gasteiger partial charge on any atom is 0.191 e. The van der Waals surface area contributed by atoms with Crippen LogP contribution in [-0.2, 0) is 10.8 Å². The lowest BCUT2D eigenvalue weighted by Crippen LogP contribution is -2.47. The van der Waals surface area contributed by atoms with Crippen molar-refractivity contribution in [1.82, 2.24) is 10.6 Å². The van der Waals surface area contributed by atoms with E-state index in [0.29, 0.717) is 17.3 Å². The quantitative estimate of drug-likeness (QED) is 0.598. The first-order valence-electron chi connectivity index (χ1n) is 7.67. The maximum atomic E-state index is 11.9. The average molecular weight is 285 g/mol. The van der Waals surface area contributed by atoms with Crippen LogP contribution in [-0.4, -0.2) is 39.8 Å². The average Bonchev–Trinajstić information content (AvgIpc) is 3.22. The minimum Gasteiger partial charge on any atom is -0.354 e. The van der Waals surface area contributed by atoms with E-state index in [2.05, 4.69) is 22.5 Å². The van der Waals surface area contributed by atoms with Crippen molar-refractivity contribution in [3.8, 4) is 0 Å². The molecule has 2 aliphatic carbocycles. The van der Waals surface area contributed by atoms with Crippen LogP contribution in [0.5, 0.6) is 0 Å². The number of hydrogen-bond donors (Lipinski definition) is 2. The molecule has 110 valence electrons. The smallest absolute Gasteiger partial charge is 0.191 e. The Morgan fingerprint density at radius 1 is 1.16 bits per heavy atom. The summed E-state index contributed by atoms with van der Waals surface area (Å²) in [5.74, 6) is 1.74. The second-order valence-corrected chi connectivity index (χ2v) is 7.55. The lowest BCUT2D eigenvalue weighted by Gasteiger charge is -2.30. The van der Waals surface area contributed by atoms with E-state index in [4.69, 9.17) is 0 Å². The third kappa shape index (κ3) is 4.79. The maximum absolute atomic E-state index is 11.9. The predicted octanol–water partition coefficient (Wildman–Crippen LogP) is 1.78. The fourth-order valence-corrected chi connectivity index (χ4v) is 4.00. The zero-order valence-electron chi connectivity index (χ0n) is 12.2. The Kier molecular flexibility index (Phi) is 5.67. The van der Waals surface area contributed by atoms with Crippen molar-refractivity contribution in [2.75, 3.05) is 12.3 Å². The molecule has 0 radical (unpaired) electrons. The highest BCUT2D eigenvalue weighted by atomic mass is 32.2. The number of aliphatic imine (C=N–C) groups is 1. The summed E-state index contributed by atoms with van der Waals surface area (Å²) < 4.78 is 11.9. The van der Waals surface area contributed by atoms with Crippen molar-refractivity contribution in [1.29, 1.82) is 0 Å². The van der Waals surface area contributed by atoms with E-state index in [1.807, 2.05) is 6.92 Å². The van der Waals surface area contributed by atoms with Crippen LogP contribution in [0.1, 0.15) is 52.4 Å². The van der Waals surface area contributed by atoms with E-state index in [0.717, 1.165) is 31.1 Å². The SMILES string of the molecule is CCN=C(NC1CC1)NC1CCCC(S(=O)CC)C1. The lowest BCUT2D eigenvalue weighted by molar-refractivity contribution is 0.413. The van der Waals surface area contributed by atoms with Crippen LogP contribution in [0, 0.1) is 0 Å². The number of nitrogens with zero attached hydrogens (tertiary/aromatic N) is 1. The van der Waals surface area contributed by atoms with Gasteiger partial charge in [-0.2, -0.15) is 0 Å². The highest BCUT2D eigenvalue weighted by Gasteiger charge is 2.27. The van der Waals surface area contributed by atoms with E-state index < -0.39 is 10.8 Å². The molecule has 0 heterocycles. The third-order valence-electron chi connectivity index (χ3n) is 3.86. The Balaban J connectivity index is 1.85. The van der Waals surface area contributed by atoms with Gasteiger partial charge in [0.2, 0.25) is 0 Å². The molecule has 3 unspecified atom stereocenters. The van der Waals surface area contributed by atoms with Crippen LogP contribution in [0.3, 0.4) is 0 Å². The van der Waals surface area contributed by atoms with Crippen molar-refractivity contribution in [3.63, 3.8) is 0 Å². The molecule has 2 fully saturated rings. The van der Waals surface area contributed by atoms with Crippen LogP contribution < -0.4 is 10.6 Å². The molecule has 2 saturated carbocycles. The van der Waals surface area contributed by atoms with Crippen LogP contribution in [0.2, 0.25) is 0 Å². The molecule has 0 saturated heterocycles. The topological polar surface area (TPSA) is 53.5 Å². The number of nitrogens with one attached hydrogen (secondary N) is 2. The van der Waals surface area contributed by atoms with Crippen molar-refractivity contribution < 1.29 is 4.21 Å². The predicted molar refractivity (Wildman–Crippen MR) is 82.0 cm³/mol. The van der Waals surface area contributed by atoms with Gasteiger partial charge in [0.1, 0.15) is 0 Å². The fourth-order valence-electron chi connectivity index (χ4n) is 2.66. The first-order chi connectivity index (χ1) is 9.22. The molecule has 4 nitrogen and oxygen atoms in total. The third-order valence-corrected chi connectivity index (χ3v) is 5.60. The molecule has 0 aromatic rings. The molecular weight excluding hydrogens is 258 g/mol. The summed E-state index contributed by atoms with van der Waals surface area (Å²) in [5.41, 5.74) is 0. The summed E-state index contributed by atoms with van der Waals surface area (Å²) in [7, 11) is -0.651. The van der Waals surface area contributed by atoms with E-state index in [9.17, 15) is 4.21 Å². The van der Waals surface area contributed by atoms with Gasteiger partial charge in [-0.05, 0) is 39.0 Å². The number of guanidine groups is 1. The van der Waals surface area contributed by atoms with Gasteiger partial charge in [-0.15, -0.1) is 0 Å². The molecule has 19 heavy (non-hydrogen) atoms. The molecule has 2 N–H and O–H groups in total. The molecule has 0 spiro atoms. The van der Waals surface area contributed by atoms with Crippen LogP contribution in [0.25, 0.3) is 0 Å². The standard InChI is InChI=1S/C14H27N3OS/c1-3-15-14(16-11-8-9-11)17-12-6-5-7-13(10-12)19(18)4-2/h11-13H,3-10H2,1-2H3,(H2,15,16,17). The van der Waals surface area contributed by atoms with Gasteiger partial charge in [-0.25, -0.2) is 0 Å². The molecular formula is C14H27N3OS. The lowest BCUT2D eigenvalue weighted by atomic mass is 9.95. The zero-order chi connectivity index (χ0) is 13.7. The van der Waals surface area contributed by atoms with Crippen LogP contribution in [0.15, 0.2) is 4.99 Å². The Morgan fingerprint density at radius 3 is 2.53 bits per heavy atom. The Hall–Kier alpha value is -0.580. The normalized spacial score (nSPS) is 29.9. The van der Waals surface area contributed by atoms with Gasteiger partial charge in [0.15, 0.2) is 5.96 Å². The van der Waals surface area contributed by atoms with Gasteiger partial charge in [0.25, 0.3) is 0 Å². The minimum absolute atomic E-state index is 0.375. The Morgan fingerprint density at radius 2 is 1.89 bits per heavy atom. The summed E-state index contributed by atoms with van der Waals surface area (Å²) in [5, 5.41) is 7.38. The Labute approximate surface area is 119 Å². The first-order valence-corrected chi connectivity index (χ1v) is 9.05. The molecule has 0 aromatic heterocycles. The monoisotopic (exact) mass is 285 g/mol. The fraction of sp³-hybridized carbons (Fsp3) is 0.929. The van der Waals surface area contributed by atoms with Crippen molar-refractivity contribution in [2.45, 2.75) is 69.7 Å².